The highest BCUT2D eigenvalue weighted by Gasteiger charge is 2.15. The molecule has 0 bridgehead atoms. The predicted octanol–water partition coefficient (Wildman–Crippen LogP) is 3.18. The van der Waals surface area contributed by atoms with Crippen LogP contribution >= 0.6 is 11.6 Å². The van der Waals surface area contributed by atoms with Gasteiger partial charge in [-0.1, -0.05) is 17.7 Å². The van der Waals surface area contributed by atoms with Crippen molar-refractivity contribution in [1.82, 2.24) is 4.98 Å². The summed E-state index contributed by atoms with van der Waals surface area (Å²) in [5, 5.41) is 12.3. The third-order valence-electron chi connectivity index (χ3n) is 2.79. The average molecular weight is 277 g/mol. The highest BCUT2D eigenvalue weighted by atomic mass is 35.5. The molecule has 1 amide bonds. The van der Waals surface area contributed by atoms with Crippen molar-refractivity contribution in [2.45, 2.75) is 12.8 Å². The van der Waals surface area contributed by atoms with E-state index >= 15 is 0 Å². The van der Waals surface area contributed by atoms with Gasteiger partial charge in [0.1, 0.15) is 5.75 Å². The minimum atomic E-state index is -0.318. The van der Waals surface area contributed by atoms with Gasteiger partial charge in [-0.3, -0.25) is 9.78 Å². The molecule has 0 saturated carbocycles. The number of phenols is 1. The van der Waals surface area contributed by atoms with Crippen molar-refractivity contribution >= 4 is 23.2 Å². The first kappa shape index (κ1) is 13.4. The van der Waals surface area contributed by atoms with Gasteiger partial charge >= 0.3 is 0 Å². The lowest BCUT2D eigenvalue weighted by Gasteiger charge is -2.12. The Bertz CT molecular complexity index is 587. The van der Waals surface area contributed by atoms with Gasteiger partial charge in [-0.05, 0) is 36.8 Å². The van der Waals surface area contributed by atoms with E-state index in [0.29, 0.717) is 5.69 Å². The van der Waals surface area contributed by atoms with E-state index in [1.54, 1.807) is 31.5 Å². The third kappa shape index (κ3) is 3.23. The lowest BCUT2D eigenvalue weighted by atomic mass is 10.0. The number of rotatable bonds is 3. The number of nitrogens with zero attached hydrogens (tertiary/aromatic N) is 1. The van der Waals surface area contributed by atoms with Crippen LogP contribution in [-0.2, 0) is 4.79 Å². The summed E-state index contributed by atoms with van der Waals surface area (Å²) in [7, 11) is 0. The Balaban J connectivity index is 2.10. The molecule has 2 N–H and O–H groups in total. The fourth-order valence-electron chi connectivity index (χ4n) is 1.62. The van der Waals surface area contributed by atoms with E-state index in [2.05, 4.69) is 10.3 Å². The zero-order chi connectivity index (χ0) is 13.8. The summed E-state index contributed by atoms with van der Waals surface area (Å²) in [5.41, 5.74) is 1.38. The highest BCUT2D eigenvalue weighted by Crippen LogP contribution is 2.26. The van der Waals surface area contributed by atoms with Gasteiger partial charge < -0.3 is 10.4 Å². The topological polar surface area (TPSA) is 62.2 Å². The first-order chi connectivity index (χ1) is 9.08. The number of phenolic OH excluding ortho intramolecular Hbond substituents is 1. The molecule has 19 heavy (non-hydrogen) atoms. The van der Waals surface area contributed by atoms with Gasteiger partial charge in [-0.15, -0.1) is 0 Å². The number of benzene rings is 1. The van der Waals surface area contributed by atoms with E-state index in [0.717, 1.165) is 5.56 Å². The van der Waals surface area contributed by atoms with Crippen LogP contribution in [0.15, 0.2) is 42.7 Å². The van der Waals surface area contributed by atoms with Crippen molar-refractivity contribution in [2.75, 3.05) is 5.32 Å². The maximum Gasteiger partial charge on any atom is 0.231 e. The van der Waals surface area contributed by atoms with Gasteiger partial charge in [0.15, 0.2) is 0 Å². The van der Waals surface area contributed by atoms with Crippen LogP contribution in [-0.4, -0.2) is 16.0 Å². The number of carbonyl (C=O) groups is 1. The van der Waals surface area contributed by atoms with E-state index in [4.69, 9.17) is 11.6 Å². The van der Waals surface area contributed by atoms with E-state index in [-0.39, 0.29) is 22.6 Å². The second-order valence-electron chi connectivity index (χ2n) is 4.16. The highest BCUT2D eigenvalue weighted by molar-refractivity contribution is 6.32. The van der Waals surface area contributed by atoms with Gasteiger partial charge in [0.05, 0.1) is 10.9 Å². The molecule has 0 aliphatic rings. The van der Waals surface area contributed by atoms with Crippen LogP contribution in [0.2, 0.25) is 5.02 Å². The number of anilines is 1. The lowest BCUT2D eigenvalue weighted by Crippen LogP contribution is -2.18. The molecule has 1 atom stereocenters. The van der Waals surface area contributed by atoms with Gasteiger partial charge in [0.2, 0.25) is 5.91 Å². The van der Waals surface area contributed by atoms with Gasteiger partial charge in [-0.25, -0.2) is 0 Å². The number of hydrogen-bond donors (Lipinski definition) is 2. The molecule has 1 aromatic heterocycles. The number of aromatic hydroxyl groups is 1. The number of amides is 1. The Kier molecular flexibility index (Phi) is 4.02. The van der Waals surface area contributed by atoms with Crippen molar-refractivity contribution in [3.8, 4) is 5.75 Å². The fourth-order valence-corrected chi connectivity index (χ4v) is 1.80. The van der Waals surface area contributed by atoms with Crippen molar-refractivity contribution in [1.29, 1.82) is 0 Å². The molecule has 2 rings (SSSR count). The SMILES string of the molecule is CC(C(=O)Nc1ccc(O)c(Cl)c1)c1cccnc1. The van der Waals surface area contributed by atoms with E-state index in [1.807, 2.05) is 6.07 Å². The molecule has 0 aliphatic carbocycles. The number of halogens is 1. The summed E-state index contributed by atoms with van der Waals surface area (Å²) >= 11 is 5.78. The maximum absolute atomic E-state index is 12.1. The second kappa shape index (κ2) is 5.71. The Morgan fingerprint density at radius 1 is 1.42 bits per heavy atom. The summed E-state index contributed by atoms with van der Waals surface area (Å²) in [6, 6.07) is 8.17. The number of pyridine rings is 1. The average Bonchev–Trinajstić information content (AvgIpc) is 2.43. The Morgan fingerprint density at radius 2 is 2.21 bits per heavy atom. The largest absolute Gasteiger partial charge is 0.506 e. The molecule has 1 aromatic carbocycles. The molecule has 0 radical (unpaired) electrons. The molecular weight excluding hydrogens is 264 g/mol. The molecule has 1 unspecified atom stereocenters. The van der Waals surface area contributed by atoms with Crippen molar-refractivity contribution in [3.05, 3.63) is 53.3 Å². The molecule has 2 aromatic rings. The van der Waals surface area contributed by atoms with E-state index in [9.17, 15) is 9.90 Å². The molecule has 0 spiro atoms. The molecule has 0 saturated heterocycles. The minimum absolute atomic E-state index is 0.0139. The van der Waals surface area contributed by atoms with Gasteiger partial charge in [0, 0.05) is 18.1 Å². The molecular formula is C14H13ClN2O2. The van der Waals surface area contributed by atoms with Crippen LogP contribution in [0.1, 0.15) is 18.4 Å². The van der Waals surface area contributed by atoms with Crippen LogP contribution in [0.3, 0.4) is 0 Å². The van der Waals surface area contributed by atoms with Crippen LogP contribution in [0.25, 0.3) is 0 Å². The Hall–Kier alpha value is -2.07. The van der Waals surface area contributed by atoms with Crippen LogP contribution < -0.4 is 5.32 Å². The predicted molar refractivity (Wildman–Crippen MR) is 74.4 cm³/mol. The standard InChI is InChI=1S/C14H13ClN2O2/c1-9(10-3-2-6-16-8-10)14(19)17-11-4-5-13(18)12(15)7-11/h2-9,18H,1H3,(H,17,19). The first-order valence-corrected chi connectivity index (χ1v) is 6.15. The normalized spacial score (nSPS) is 11.9. The van der Waals surface area contributed by atoms with Crippen LogP contribution in [0, 0.1) is 0 Å². The van der Waals surface area contributed by atoms with E-state index in [1.165, 1.54) is 12.1 Å². The molecule has 0 fully saturated rings. The molecule has 1 heterocycles. The lowest BCUT2D eigenvalue weighted by molar-refractivity contribution is -0.117. The van der Waals surface area contributed by atoms with Crippen LogP contribution in [0.5, 0.6) is 5.75 Å². The van der Waals surface area contributed by atoms with Crippen LogP contribution in [0.4, 0.5) is 5.69 Å². The summed E-state index contributed by atoms with van der Waals surface area (Å²) < 4.78 is 0. The van der Waals surface area contributed by atoms with Crippen molar-refractivity contribution < 1.29 is 9.90 Å². The summed E-state index contributed by atoms with van der Waals surface area (Å²) in [4.78, 5) is 16.1. The number of hydrogen-bond acceptors (Lipinski definition) is 3. The van der Waals surface area contributed by atoms with Crippen molar-refractivity contribution in [2.24, 2.45) is 0 Å². The third-order valence-corrected chi connectivity index (χ3v) is 3.10. The smallest absolute Gasteiger partial charge is 0.231 e. The summed E-state index contributed by atoms with van der Waals surface area (Å²) in [5.74, 6) is -0.490. The number of nitrogens with one attached hydrogen (secondary N) is 1. The first-order valence-electron chi connectivity index (χ1n) is 5.77. The molecule has 5 heteroatoms. The Labute approximate surface area is 116 Å². The minimum Gasteiger partial charge on any atom is -0.506 e. The van der Waals surface area contributed by atoms with Gasteiger partial charge in [-0.2, -0.15) is 0 Å². The number of carbonyl (C=O) groups excluding carboxylic acids is 1. The maximum atomic E-state index is 12.1. The molecule has 0 aliphatic heterocycles. The van der Waals surface area contributed by atoms with Gasteiger partial charge in [0.25, 0.3) is 0 Å². The molecule has 4 nitrogen and oxygen atoms in total. The van der Waals surface area contributed by atoms with E-state index < -0.39 is 0 Å². The summed E-state index contributed by atoms with van der Waals surface area (Å²) in [6.45, 7) is 1.80. The molecule has 98 valence electrons. The Morgan fingerprint density at radius 3 is 2.84 bits per heavy atom. The number of aromatic nitrogens is 1. The second-order valence-corrected chi connectivity index (χ2v) is 4.57. The fraction of sp³-hybridized carbons (Fsp3) is 0.143. The zero-order valence-electron chi connectivity index (χ0n) is 10.3. The summed E-state index contributed by atoms with van der Waals surface area (Å²) in [6.07, 6.45) is 3.32. The quantitative estimate of drug-likeness (QED) is 0.847. The monoisotopic (exact) mass is 276 g/mol. The zero-order valence-corrected chi connectivity index (χ0v) is 11.1. The van der Waals surface area contributed by atoms with Crippen molar-refractivity contribution in [3.63, 3.8) is 0 Å².